The maximum Gasteiger partial charge on any atom is 0.120 e. The fourth-order valence-corrected chi connectivity index (χ4v) is 1.36. The molecular formula is C12H17ClO3. The molecule has 0 saturated carbocycles. The summed E-state index contributed by atoms with van der Waals surface area (Å²) in [7, 11) is 1.68. The van der Waals surface area contributed by atoms with Gasteiger partial charge >= 0.3 is 0 Å². The molecule has 16 heavy (non-hydrogen) atoms. The first-order valence-electron chi connectivity index (χ1n) is 5.28. The molecule has 1 aromatic carbocycles. The van der Waals surface area contributed by atoms with Crippen molar-refractivity contribution in [1.29, 1.82) is 0 Å². The molecule has 0 radical (unpaired) electrons. The average molecular weight is 245 g/mol. The van der Waals surface area contributed by atoms with E-state index in [2.05, 4.69) is 0 Å². The first-order chi connectivity index (χ1) is 7.83. The normalized spacial score (nSPS) is 10.4. The molecule has 0 bridgehead atoms. The van der Waals surface area contributed by atoms with Crippen LogP contribution in [0.4, 0.5) is 0 Å². The highest BCUT2D eigenvalue weighted by Gasteiger charge is 1.95. The van der Waals surface area contributed by atoms with Gasteiger partial charge in [-0.2, -0.15) is 0 Å². The number of benzene rings is 1. The van der Waals surface area contributed by atoms with E-state index >= 15 is 0 Å². The van der Waals surface area contributed by atoms with Crippen LogP contribution in [0.15, 0.2) is 24.3 Å². The van der Waals surface area contributed by atoms with E-state index in [9.17, 15) is 0 Å². The quantitative estimate of drug-likeness (QED) is 0.658. The zero-order valence-corrected chi connectivity index (χ0v) is 10.2. The topological polar surface area (TPSA) is 27.7 Å². The van der Waals surface area contributed by atoms with Crippen molar-refractivity contribution in [3.8, 4) is 5.75 Å². The molecule has 0 saturated heterocycles. The van der Waals surface area contributed by atoms with Gasteiger partial charge in [0.1, 0.15) is 12.4 Å². The Morgan fingerprint density at radius 1 is 1.12 bits per heavy atom. The number of ether oxygens (including phenoxy) is 3. The highest BCUT2D eigenvalue weighted by atomic mass is 35.5. The van der Waals surface area contributed by atoms with Gasteiger partial charge in [0.05, 0.1) is 6.61 Å². The van der Waals surface area contributed by atoms with E-state index in [1.807, 2.05) is 18.2 Å². The number of hydrogen-bond donors (Lipinski definition) is 0. The zero-order chi connectivity index (χ0) is 11.6. The zero-order valence-electron chi connectivity index (χ0n) is 9.45. The lowest BCUT2D eigenvalue weighted by Crippen LogP contribution is -2.08. The Morgan fingerprint density at radius 3 is 2.75 bits per heavy atom. The van der Waals surface area contributed by atoms with Crippen molar-refractivity contribution in [3.63, 3.8) is 0 Å². The van der Waals surface area contributed by atoms with E-state index < -0.39 is 0 Å². The summed E-state index contributed by atoms with van der Waals surface area (Å²) < 4.78 is 15.7. The highest BCUT2D eigenvalue weighted by molar-refractivity contribution is 6.30. The number of rotatable bonds is 8. The molecule has 0 amide bonds. The molecule has 0 aliphatic rings. The molecular weight excluding hydrogens is 228 g/mol. The van der Waals surface area contributed by atoms with Gasteiger partial charge in [-0.3, -0.25) is 0 Å². The first-order valence-corrected chi connectivity index (χ1v) is 5.66. The van der Waals surface area contributed by atoms with Gasteiger partial charge in [-0.1, -0.05) is 17.7 Å². The summed E-state index contributed by atoms with van der Waals surface area (Å²) in [6.07, 6.45) is 0.910. The smallest absolute Gasteiger partial charge is 0.120 e. The molecule has 0 heterocycles. The third-order valence-electron chi connectivity index (χ3n) is 1.93. The summed E-state index contributed by atoms with van der Waals surface area (Å²) >= 11 is 5.82. The SMILES string of the molecule is COCCCOCCOc1cccc(Cl)c1. The Kier molecular flexibility index (Phi) is 6.97. The molecule has 0 unspecified atom stereocenters. The van der Waals surface area contributed by atoms with Crippen LogP contribution in [0, 0.1) is 0 Å². The summed E-state index contributed by atoms with van der Waals surface area (Å²) in [6, 6.07) is 7.33. The molecule has 0 spiro atoms. The van der Waals surface area contributed by atoms with Crippen molar-refractivity contribution in [3.05, 3.63) is 29.3 Å². The van der Waals surface area contributed by atoms with Gasteiger partial charge in [0.2, 0.25) is 0 Å². The third-order valence-corrected chi connectivity index (χ3v) is 2.16. The fourth-order valence-electron chi connectivity index (χ4n) is 1.18. The van der Waals surface area contributed by atoms with Crippen molar-refractivity contribution < 1.29 is 14.2 Å². The average Bonchev–Trinajstić information content (AvgIpc) is 2.28. The molecule has 0 aliphatic carbocycles. The molecule has 4 heteroatoms. The predicted molar refractivity (Wildman–Crippen MR) is 64.3 cm³/mol. The van der Waals surface area contributed by atoms with Crippen molar-refractivity contribution >= 4 is 11.6 Å². The summed E-state index contributed by atoms with van der Waals surface area (Å²) in [4.78, 5) is 0. The summed E-state index contributed by atoms with van der Waals surface area (Å²) in [5.41, 5.74) is 0. The molecule has 0 fully saturated rings. The van der Waals surface area contributed by atoms with Gasteiger partial charge in [0.25, 0.3) is 0 Å². The van der Waals surface area contributed by atoms with Crippen LogP contribution in [0.3, 0.4) is 0 Å². The van der Waals surface area contributed by atoms with Crippen LogP contribution in [0.5, 0.6) is 5.75 Å². The van der Waals surface area contributed by atoms with Crippen molar-refractivity contribution in [2.24, 2.45) is 0 Å². The molecule has 0 atom stereocenters. The van der Waals surface area contributed by atoms with E-state index in [1.165, 1.54) is 0 Å². The van der Waals surface area contributed by atoms with Crippen LogP contribution >= 0.6 is 11.6 Å². The molecule has 3 nitrogen and oxygen atoms in total. The van der Waals surface area contributed by atoms with Crippen LogP contribution < -0.4 is 4.74 Å². The van der Waals surface area contributed by atoms with Crippen LogP contribution in [-0.2, 0) is 9.47 Å². The van der Waals surface area contributed by atoms with Gasteiger partial charge in [-0.05, 0) is 24.6 Å². The Morgan fingerprint density at radius 2 is 2.00 bits per heavy atom. The van der Waals surface area contributed by atoms with E-state index in [-0.39, 0.29) is 0 Å². The number of hydrogen-bond acceptors (Lipinski definition) is 3. The second kappa shape index (κ2) is 8.39. The lowest BCUT2D eigenvalue weighted by Gasteiger charge is -2.07. The number of methoxy groups -OCH3 is 1. The van der Waals surface area contributed by atoms with E-state index in [1.54, 1.807) is 13.2 Å². The second-order valence-electron chi connectivity index (χ2n) is 3.26. The molecule has 0 N–H and O–H groups in total. The van der Waals surface area contributed by atoms with E-state index in [4.69, 9.17) is 25.8 Å². The molecule has 0 aromatic heterocycles. The minimum atomic E-state index is 0.535. The van der Waals surface area contributed by atoms with Gasteiger partial charge in [0.15, 0.2) is 0 Å². The lowest BCUT2D eigenvalue weighted by molar-refractivity contribution is 0.0806. The second-order valence-corrected chi connectivity index (χ2v) is 3.70. The Labute approximate surface area is 101 Å². The van der Waals surface area contributed by atoms with E-state index in [0.717, 1.165) is 18.8 Å². The van der Waals surface area contributed by atoms with Gasteiger partial charge in [-0.25, -0.2) is 0 Å². The third kappa shape index (κ3) is 5.95. The molecule has 90 valence electrons. The van der Waals surface area contributed by atoms with E-state index in [0.29, 0.717) is 24.8 Å². The van der Waals surface area contributed by atoms with Crippen LogP contribution in [0.2, 0.25) is 5.02 Å². The molecule has 0 aliphatic heterocycles. The molecule has 1 rings (SSSR count). The largest absolute Gasteiger partial charge is 0.491 e. The van der Waals surface area contributed by atoms with Crippen molar-refractivity contribution in [2.75, 3.05) is 33.5 Å². The Bertz CT molecular complexity index is 291. The minimum Gasteiger partial charge on any atom is -0.491 e. The monoisotopic (exact) mass is 244 g/mol. The maximum absolute atomic E-state index is 5.82. The Hall–Kier alpha value is -0.770. The predicted octanol–water partition coefficient (Wildman–Crippen LogP) is 2.77. The number of halogens is 1. The van der Waals surface area contributed by atoms with Gasteiger partial charge in [-0.15, -0.1) is 0 Å². The Balaban J connectivity index is 2.03. The minimum absolute atomic E-state index is 0.535. The summed E-state index contributed by atoms with van der Waals surface area (Å²) in [6.45, 7) is 2.55. The van der Waals surface area contributed by atoms with Crippen molar-refractivity contribution in [1.82, 2.24) is 0 Å². The fraction of sp³-hybridized carbons (Fsp3) is 0.500. The van der Waals surface area contributed by atoms with Crippen LogP contribution in [-0.4, -0.2) is 33.5 Å². The standard InChI is InChI=1S/C12H17ClO3/c1-14-6-3-7-15-8-9-16-12-5-2-4-11(13)10-12/h2,4-5,10H,3,6-9H2,1H3. The first kappa shape index (κ1) is 13.3. The van der Waals surface area contributed by atoms with Crippen molar-refractivity contribution in [2.45, 2.75) is 6.42 Å². The lowest BCUT2D eigenvalue weighted by atomic mass is 10.3. The molecule has 1 aromatic rings. The highest BCUT2D eigenvalue weighted by Crippen LogP contribution is 2.16. The summed E-state index contributed by atoms with van der Waals surface area (Å²) in [5, 5.41) is 0.679. The summed E-state index contributed by atoms with van der Waals surface area (Å²) in [5.74, 6) is 0.771. The van der Waals surface area contributed by atoms with Gasteiger partial charge < -0.3 is 14.2 Å². The van der Waals surface area contributed by atoms with Crippen LogP contribution in [0.1, 0.15) is 6.42 Å². The van der Waals surface area contributed by atoms with Gasteiger partial charge in [0, 0.05) is 25.3 Å². The van der Waals surface area contributed by atoms with Crippen LogP contribution in [0.25, 0.3) is 0 Å². The maximum atomic E-state index is 5.82.